The molecule has 2 amide bonds. The number of anilines is 1. The summed E-state index contributed by atoms with van der Waals surface area (Å²) in [6.45, 7) is 2.89. The number of ether oxygens (including phenoxy) is 1. The Kier molecular flexibility index (Phi) is 6.57. The Bertz CT molecular complexity index is 703. The number of thiazole rings is 1. The monoisotopic (exact) mass is 367 g/mol. The molecule has 24 heavy (non-hydrogen) atoms. The van der Waals surface area contributed by atoms with Gasteiger partial charge in [-0.1, -0.05) is 18.5 Å². The second-order valence-electron chi connectivity index (χ2n) is 4.98. The molecule has 2 aromatic rings. The molecule has 0 aliphatic carbocycles. The maximum Gasteiger partial charge on any atom is 0.357 e. The first-order chi connectivity index (χ1) is 11.5. The average Bonchev–Trinajstić information content (AvgIpc) is 3.04. The van der Waals surface area contributed by atoms with E-state index >= 15 is 0 Å². The molecule has 0 saturated heterocycles. The first-order valence-corrected chi connectivity index (χ1v) is 8.63. The highest BCUT2D eigenvalue weighted by molar-refractivity contribution is 7.09. The largest absolute Gasteiger partial charge is 0.464 e. The molecule has 0 radical (unpaired) electrons. The number of rotatable bonds is 6. The van der Waals surface area contributed by atoms with Crippen LogP contribution in [0.4, 0.5) is 10.5 Å². The summed E-state index contributed by atoms with van der Waals surface area (Å²) in [5, 5.41) is 5.74. The van der Waals surface area contributed by atoms with Crippen molar-refractivity contribution in [1.82, 2.24) is 9.88 Å². The number of esters is 1. The molecule has 2 rings (SSSR count). The fourth-order valence-electron chi connectivity index (χ4n) is 2.00. The van der Waals surface area contributed by atoms with E-state index in [1.54, 1.807) is 34.5 Å². The minimum absolute atomic E-state index is 0.228. The molecule has 0 bridgehead atoms. The maximum atomic E-state index is 12.5. The van der Waals surface area contributed by atoms with Crippen molar-refractivity contribution in [3.05, 3.63) is 45.4 Å². The van der Waals surface area contributed by atoms with Crippen LogP contribution in [-0.2, 0) is 11.3 Å². The van der Waals surface area contributed by atoms with Crippen molar-refractivity contribution in [2.24, 2.45) is 0 Å². The van der Waals surface area contributed by atoms with E-state index in [2.05, 4.69) is 15.0 Å². The minimum atomic E-state index is -0.481. The van der Waals surface area contributed by atoms with Gasteiger partial charge in [-0.3, -0.25) is 0 Å². The van der Waals surface area contributed by atoms with Crippen LogP contribution < -0.4 is 5.32 Å². The number of hydrogen-bond acceptors (Lipinski definition) is 5. The second-order valence-corrected chi connectivity index (χ2v) is 6.36. The third-order valence-electron chi connectivity index (χ3n) is 3.15. The number of amides is 2. The molecule has 1 aromatic carbocycles. The standard InChI is InChI=1S/C16H18ClN3O3S/c1-3-8-20(9-14-19-13(10-24-14)15(21)23-2)16(22)18-12-6-4-11(17)5-7-12/h4-7,10H,3,8-9H2,1-2H3,(H,18,22). The molecule has 1 aromatic heterocycles. The molecule has 0 saturated carbocycles. The van der Waals surface area contributed by atoms with Crippen LogP contribution in [-0.4, -0.2) is 35.5 Å². The Balaban J connectivity index is 2.04. The molecule has 1 N–H and O–H groups in total. The number of nitrogens with zero attached hydrogens (tertiary/aromatic N) is 2. The van der Waals surface area contributed by atoms with Crippen LogP contribution in [0.3, 0.4) is 0 Å². The minimum Gasteiger partial charge on any atom is -0.464 e. The van der Waals surface area contributed by atoms with Crippen molar-refractivity contribution in [2.45, 2.75) is 19.9 Å². The van der Waals surface area contributed by atoms with Crippen molar-refractivity contribution in [3.8, 4) is 0 Å². The number of carbonyl (C=O) groups is 2. The van der Waals surface area contributed by atoms with Crippen molar-refractivity contribution in [3.63, 3.8) is 0 Å². The molecule has 128 valence electrons. The Morgan fingerprint density at radius 2 is 2.04 bits per heavy atom. The summed E-state index contributed by atoms with van der Waals surface area (Å²) in [4.78, 5) is 29.8. The molecule has 0 unspecified atom stereocenters. The van der Waals surface area contributed by atoms with Gasteiger partial charge < -0.3 is 15.0 Å². The van der Waals surface area contributed by atoms with Crippen LogP contribution in [0, 0.1) is 0 Å². The molecule has 8 heteroatoms. The Morgan fingerprint density at radius 3 is 2.67 bits per heavy atom. The van der Waals surface area contributed by atoms with E-state index in [0.29, 0.717) is 28.8 Å². The van der Waals surface area contributed by atoms with Crippen LogP contribution in [0.25, 0.3) is 0 Å². The molecule has 6 nitrogen and oxygen atoms in total. The fourth-order valence-corrected chi connectivity index (χ4v) is 2.91. The van der Waals surface area contributed by atoms with Crippen molar-refractivity contribution in [2.75, 3.05) is 19.0 Å². The lowest BCUT2D eigenvalue weighted by atomic mass is 10.3. The van der Waals surface area contributed by atoms with E-state index in [9.17, 15) is 9.59 Å². The topological polar surface area (TPSA) is 71.5 Å². The van der Waals surface area contributed by atoms with Gasteiger partial charge in [-0.15, -0.1) is 11.3 Å². The number of urea groups is 1. The quantitative estimate of drug-likeness (QED) is 0.782. The molecule has 0 atom stereocenters. The predicted octanol–water partition coefficient (Wildman–Crippen LogP) is 4.03. The summed E-state index contributed by atoms with van der Waals surface area (Å²) in [5.74, 6) is -0.481. The van der Waals surface area contributed by atoms with Gasteiger partial charge in [-0.25, -0.2) is 14.6 Å². The SMILES string of the molecule is CCCN(Cc1nc(C(=O)OC)cs1)C(=O)Nc1ccc(Cl)cc1. The number of benzene rings is 1. The molecule has 1 heterocycles. The Labute approximate surface area is 149 Å². The van der Waals surface area contributed by atoms with Gasteiger partial charge in [0.25, 0.3) is 0 Å². The van der Waals surface area contributed by atoms with Gasteiger partial charge in [0, 0.05) is 22.6 Å². The summed E-state index contributed by atoms with van der Waals surface area (Å²) >= 11 is 7.16. The van der Waals surface area contributed by atoms with Crippen molar-refractivity contribution < 1.29 is 14.3 Å². The smallest absolute Gasteiger partial charge is 0.357 e. The molecular formula is C16H18ClN3O3S. The maximum absolute atomic E-state index is 12.5. The van der Waals surface area contributed by atoms with Gasteiger partial charge in [0.1, 0.15) is 5.01 Å². The van der Waals surface area contributed by atoms with Gasteiger partial charge in [-0.05, 0) is 30.7 Å². The zero-order valence-corrected chi connectivity index (χ0v) is 15.0. The number of halogens is 1. The Hall–Kier alpha value is -2.12. The van der Waals surface area contributed by atoms with Gasteiger partial charge in [0.15, 0.2) is 5.69 Å². The predicted molar refractivity (Wildman–Crippen MR) is 94.6 cm³/mol. The highest BCUT2D eigenvalue weighted by Gasteiger charge is 2.17. The zero-order valence-electron chi connectivity index (χ0n) is 13.4. The third-order valence-corrected chi connectivity index (χ3v) is 4.23. The molecule has 0 aliphatic heterocycles. The van der Waals surface area contributed by atoms with E-state index in [4.69, 9.17) is 11.6 Å². The van der Waals surface area contributed by atoms with Crippen LogP contribution >= 0.6 is 22.9 Å². The lowest BCUT2D eigenvalue weighted by Gasteiger charge is -2.21. The number of carbonyl (C=O) groups excluding carboxylic acids is 2. The van der Waals surface area contributed by atoms with E-state index in [1.807, 2.05) is 6.92 Å². The van der Waals surface area contributed by atoms with E-state index in [1.165, 1.54) is 18.4 Å². The number of methoxy groups -OCH3 is 1. The van der Waals surface area contributed by atoms with Gasteiger partial charge in [0.2, 0.25) is 0 Å². The lowest BCUT2D eigenvalue weighted by Crippen LogP contribution is -2.35. The third kappa shape index (κ3) is 4.94. The highest BCUT2D eigenvalue weighted by atomic mass is 35.5. The molecule has 0 spiro atoms. The van der Waals surface area contributed by atoms with Gasteiger partial charge in [0.05, 0.1) is 13.7 Å². The van der Waals surface area contributed by atoms with Crippen LogP contribution in [0.1, 0.15) is 28.8 Å². The van der Waals surface area contributed by atoms with E-state index in [-0.39, 0.29) is 11.7 Å². The van der Waals surface area contributed by atoms with Crippen LogP contribution in [0.15, 0.2) is 29.6 Å². The zero-order chi connectivity index (χ0) is 17.5. The summed E-state index contributed by atoms with van der Waals surface area (Å²) in [6.07, 6.45) is 0.809. The summed E-state index contributed by atoms with van der Waals surface area (Å²) in [5.41, 5.74) is 0.923. The summed E-state index contributed by atoms with van der Waals surface area (Å²) < 4.78 is 4.64. The normalized spacial score (nSPS) is 10.3. The molecule has 0 aliphatic rings. The first kappa shape index (κ1) is 18.2. The number of nitrogens with one attached hydrogen (secondary N) is 1. The van der Waals surface area contributed by atoms with Gasteiger partial charge in [-0.2, -0.15) is 0 Å². The van der Waals surface area contributed by atoms with Crippen molar-refractivity contribution in [1.29, 1.82) is 0 Å². The molecular weight excluding hydrogens is 350 g/mol. The average molecular weight is 368 g/mol. The number of aromatic nitrogens is 1. The molecule has 0 fully saturated rings. The van der Waals surface area contributed by atoms with E-state index in [0.717, 1.165) is 6.42 Å². The Morgan fingerprint density at radius 1 is 1.33 bits per heavy atom. The second kappa shape index (κ2) is 8.65. The summed E-state index contributed by atoms with van der Waals surface area (Å²) in [6, 6.07) is 6.68. The van der Waals surface area contributed by atoms with Gasteiger partial charge >= 0.3 is 12.0 Å². The fraction of sp³-hybridized carbons (Fsp3) is 0.312. The van der Waals surface area contributed by atoms with Crippen molar-refractivity contribution >= 4 is 40.6 Å². The number of hydrogen-bond donors (Lipinski definition) is 1. The van der Waals surface area contributed by atoms with Crippen LogP contribution in [0.5, 0.6) is 0 Å². The lowest BCUT2D eigenvalue weighted by molar-refractivity contribution is 0.0594. The highest BCUT2D eigenvalue weighted by Crippen LogP contribution is 2.16. The summed E-state index contributed by atoms with van der Waals surface area (Å²) in [7, 11) is 1.31. The van der Waals surface area contributed by atoms with E-state index < -0.39 is 5.97 Å². The van der Waals surface area contributed by atoms with Crippen LogP contribution in [0.2, 0.25) is 5.02 Å². The first-order valence-electron chi connectivity index (χ1n) is 7.37.